The van der Waals surface area contributed by atoms with Crippen LogP contribution in [0.2, 0.25) is 0 Å². The average molecular weight is 343 g/mol. The van der Waals surface area contributed by atoms with E-state index in [0.29, 0.717) is 16.9 Å². The predicted molar refractivity (Wildman–Crippen MR) is 102 cm³/mol. The van der Waals surface area contributed by atoms with E-state index in [4.69, 9.17) is 0 Å². The first-order valence-electron chi connectivity index (χ1n) is 8.07. The van der Waals surface area contributed by atoms with Gasteiger partial charge in [-0.15, -0.1) is 0 Å². The molecule has 3 rings (SSSR count). The molecule has 0 aliphatic carbocycles. The summed E-state index contributed by atoms with van der Waals surface area (Å²) in [5, 5.41) is 5.48. The number of benzene rings is 2. The standard InChI is InChI=1S/C21H17N3O2/c25-20(23-17-9-3-1-4-10-17)19(14-16-8-7-13-22-15-16)21(26)24-18-11-5-2-6-12-18/h1-15H,(H,23,25)(H,24,26). The minimum atomic E-state index is -0.492. The van der Waals surface area contributed by atoms with Crippen molar-refractivity contribution in [1.82, 2.24) is 4.98 Å². The normalized spacial score (nSPS) is 9.85. The Morgan fingerprint density at radius 1 is 0.731 bits per heavy atom. The van der Waals surface area contributed by atoms with Gasteiger partial charge < -0.3 is 10.6 Å². The molecule has 0 saturated heterocycles. The van der Waals surface area contributed by atoms with E-state index in [1.807, 2.05) is 36.4 Å². The number of nitrogens with one attached hydrogen (secondary N) is 2. The zero-order valence-electron chi connectivity index (χ0n) is 13.9. The van der Waals surface area contributed by atoms with Crippen LogP contribution in [-0.4, -0.2) is 16.8 Å². The summed E-state index contributed by atoms with van der Waals surface area (Å²) in [4.78, 5) is 29.4. The smallest absolute Gasteiger partial charge is 0.261 e. The highest BCUT2D eigenvalue weighted by molar-refractivity contribution is 6.28. The number of hydrogen-bond acceptors (Lipinski definition) is 3. The summed E-state index contributed by atoms with van der Waals surface area (Å²) in [6.07, 6.45) is 4.74. The third kappa shape index (κ3) is 4.64. The number of aromatic nitrogens is 1. The van der Waals surface area contributed by atoms with Crippen molar-refractivity contribution < 1.29 is 9.59 Å². The van der Waals surface area contributed by atoms with Gasteiger partial charge in [-0.05, 0) is 42.0 Å². The number of carbonyl (C=O) groups is 2. The number of hydrogen-bond donors (Lipinski definition) is 2. The summed E-state index contributed by atoms with van der Waals surface area (Å²) < 4.78 is 0. The van der Waals surface area contributed by atoms with Crippen LogP contribution in [0.25, 0.3) is 6.08 Å². The van der Waals surface area contributed by atoms with Gasteiger partial charge >= 0.3 is 0 Å². The van der Waals surface area contributed by atoms with Gasteiger partial charge in [-0.25, -0.2) is 0 Å². The topological polar surface area (TPSA) is 71.1 Å². The Morgan fingerprint density at radius 3 is 1.73 bits per heavy atom. The average Bonchev–Trinajstić information content (AvgIpc) is 2.68. The van der Waals surface area contributed by atoms with E-state index in [9.17, 15) is 9.59 Å². The SMILES string of the molecule is O=C(Nc1ccccc1)C(=Cc1cccnc1)C(=O)Nc1ccccc1. The Bertz CT molecular complexity index is 852. The van der Waals surface area contributed by atoms with E-state index < -0.39 is 11.8 Å². The molecule has 128 valence electrons. The van der Waals surface area contributed by atoms with E-state index >= 15 is 0 Å². The van der Waals surface area contributed by atoms with Gasteiger partial charge in [0, 0.05) is 23.8 Å². The fourth-order valence-electron chi connectivity index (χ4n) is 2.30. The van der Waals surface area contributed by atoms with Crippen LogP contribution in [0.5, 0.6) is 0 Å². The molecule has 0 bridgehead atoms. The molecule has 0 saturated carbocycles. The van der Waals surface area contributed by atoms with Crippen LogP contribution >= 0.6 is 0 Å². The van der Waals surface area contributed by atoms with Gasteiger partial charge in [-0.2, -0.15) is 0 Å². The maximum atomic E-state index is 12.7. The van der Waals surface area contributed by atoms with Crippen LogP contribution in [0.3, 0.4) is 0 Å². The summed E-state index contributed by atoms with van der Waals surface area (Å²) in [6, 6.07) is 21.5. The quantitative estimate of drug-likeness (QED) is 0.421. The Morgan fingerprint density at radius 2 is 1.27 bits per heavy atom. The molecule has 26 heavy (non-hydrogen) atoms. The fourth-order valence-corrected chi connectivity index (χ4v) is 2.30. The molecule has 0 unspecified atom stereocenters. The Labute approximate surface area is 151 Å². The lowest BCUT2D eigenvalue weighted by atomic mass is 10.1. The Balaban J connectivity index is 1.87. The lowest BCUT2D eigenvalue weighted by Gasteiger charge is -2.10. The van der Waals surface area contributed by atoms with Crippen molar-refractivity contribution in [1.29, 1.82) is 0 Å². The number of carbonyl (C=O) groups excluding carboxylic acids is 2. The van der Waals surface area contributed by atoms with Crippen molar-refractivity contribution in [3.05, 3.63) is 96.3 Å². The first-order chi connectivity index (χ1) is 12.7. The van der Waals surface area contributed by atoms with Gasteiger partial charge in [0.1, 0.15) is 5.57 Å². The number of rotatable bonds is 5. The van der Waals surface area contributed by atoms with Crippen molar-refractivity contribution >= 4 is 29.3 Å². The number of anilines is 2. The van der Waals surface area contributed by atoms with Gasteiger partial charge in [0.25, 0.3) is 11.8 Å². The maximum absolute atomic E-state index is 12.7. The largest absolute Gasteiger partial charge is 0.322 e. The Hall–Kier alpha value is -3.73. The molecule has 0 radical (unpaired) electrons. The van der Waals surface area contributed by atoms with Crippen LogP contribution in [0, 0.1) is 0 Å². The molecule has 2 amide bonds. The summed E-state index contributed by atoms with van der Waals surface area (Å²) in [5.41, 5.74) is 1.88. The molecule has 0 aliphatic heterocycles. The van der Waals surface area contributed by atoms with Crippen LogP contribution in [0.4, 0.5) is 11.4 Å². The van der Waals surface area contributed by atoms with E-state index in [1.165, 1.54) is 6.08 Å². The molecule has 1 aromatic heterocycles. The molecule has 0 atom stereocenters. The fraction of sp³-hybridized carbons (Fsp3) is 0. The highest BCUT2D eigenvalue weighted by Gasteiger charge is 2.19. The van der Waals surface area contributed by atoms with Crippen molar-refractivity contribution in [2.45, 2.75) is 0 Å². The second-order valence-electron chi connectivity index (χ2n) is 5.48. The highest BCUT2D eigenvalue weighted by atomic mass is 16.2. The van der Waals surface area contributed by atoms with Gasteiger partial charge in [-0.3, -0.25) is 14.6 Å². The van der Waals surface area contributed by atoms with E-state index in [-0.39, 0.29) is 5.57 Å². The van der Waals surface area contributed by atoms with Gasteiger partial charge in [0.05, 0.1) is 0 Å². The van der Waals surface area contributed by atoms with Crippen LogP contribution in [0.1, 0.15) is 5.56 Å². The molecule has 3 aromatic rings. The molecular weight excluding hydrogens is 326 g/mol. The van der Waals surface area contributed by atoms with E-state index in [0.717, 1.165) is 0 Å². The lowest BCUT2D eigenvalue weighted by Crippen LogP contribution is -2.25. The first-order valence-corrected chi connectivity index (χ1v) is 8.07. The third-order valence-corrected chi connectivity index (χ3v) is 3.55. The number of amides is 2. The molecule has 0 fully saturated rings. The second kappa shape index (κ2) is 8.39. The summed E-state index contributed by atoms with van der Waals surface area (Å²) in [6.45, 7) is 0. The number of nitrogens with zero attached hydrogens (tertiary/aromatic N) is 1. The van der Waals surface area contributed by atoms with Crippen molar-refractivity contribution in [2.24, 2.45) is 0 Å². The van der Waals surface area contributed by atoms with Gasteiger partial charge in [0.2, 0.25) is 0 Å². The van der Waals surface area contributed by atoms with E-state index in [2.05, 4.69) is 15.6 Å². The molecule has 5 heteroatoms. The minimum Gasteiger partial charge on any atom is -0.322 e. The first kappa shape index (κ1) is 17.1. The van der Waals surface area contributed by atoms with E-state index in [1.54, 1.807) is 48.8 Å². The molecule has 0 spiro atoms. The molecule has 2 aromatic carbocycles. The summed E-state index contributed by atoms with van der Waals surface area (Å²) in [5.74, 6) is -0.984. The third-order valence-electron chi connectivity index (χ3n) is 3.55. The van der Waals surface area contributed by atoms with Crippen molar-refractivity contribution in [2.75, 3.05) is 10.6 Å². The van der Waals surface area contributed by atoms with Gasteiger partial charge in [0.15, 0.2) is 0 Å². The zero-order chi connectivity index (χ0) is 18.2. The van der Waals surface area contributed by atoms with Gasteiger partial charge in [-0.1, -0.05) is 42.5 Å². The minimum absolute atomic E-state index is 0.00861. The monoisotopic (exact) mass is 343 g/mol. The van der Waals surface area contributed by atoms with Crippen LogP contribution < -0.4 is 10.6 Å². The zero-order valence-corrected chi connectivity index (χ0v) is 13.9. The summed E-state index contributed by atoms with van der Waals surface area (Å²) in [7, 11) is 0. The molecular formula is C21H17N3O2. The Kier molecular flexibility index (Phi) is 5.52. The van der Waals surface area contributed by atoms with Crippen molar-refractivity contribution in [3.8, 4) is 0 Å². The number of pyridine rings is 1. The molecule has 5 nitrogen and oxygen atoms in total. The molecule has 2 N–H and O–H groups in total. The van der Waals surface area contributed by atoms with Crippen LogP contribution in [0.15, 0.2) is 90.8 Å². The highest BCUT2D eigenvalue weighted by Crippen LogP contribution is 2.14. The molecule has 0 aliphatic rings. The second-order valence-corrected chi connectivity index (χ2v) is 5.48. The summed E-state index contributed by atoms with van der Waals surface area (Å²) >= 11 is 0. The van der Waals surface area contributed by atoms with Crippen LogP contribution in [-0.2, 0) is 9.59 Å². The van der Waals surface area contributed by atoms with Crippen molar-refractivity contribution in [3.63, 3.8) is 0 Å². The maximum Gasteiger partial charge on any atom is 0.261 e. The number of para-hydroxylation sites is 2. The molecule has 1 heterocycles. The predicted octanol–water partition coefficient (Wildman–Crippen LogP) is 3.74. The lowest BCUT2D eigenvalue weighted by molar-refractivity contribution is -0.118.